The fourth-order valence-corrected chi connectivity index (χ4v) is 2.58. The molecule has 5 N–H and O–H groups in total. The van der Waals surface area contributed by atoms with Crippen molar-refractivity contribution in [2.24, 2.45) is 5.73 Å². The Labute approximate surface area is 127 Å². The second-order valence-electron chi connectivity index (χ2n) is 5.24. The Morgan fingerprint density at radius 2 is 2.14 bits per heavy atom. The lowest BCUT2D eigenvalue weighted by Gasteiger charge is -2.10. The fraction of sp³-hybridized carbons (Fsp3) is 0.333. The summed E-state index contributed by atoms with van der Waals surface area (Å²) in [5.74, 6) is 0. The molecule has 1 atom stereocenters. The summed E-state index contributed by atoms with van der Waals surface area (Å²) in [5, 5.41) is 27.9. The van der Waals surface area contributed by atoms with Gasteiger partial charge in [0.1, 0.15) is 0 Å². The Bertz CT molecular complexity index is 764. The van der Waals surface area contributed by atoms with Gasteiger partial charge in [0.25, 0.3) is 0 Å². The van der Waals surface area contributed by atoms with E-state index in [1.165, 1.54) is 0 Å². The number of aliphatic hydroxyl groups is 2. The third-order valence-corrected chi connectivity index (χ3v) is 3.74. The molecule has 0 spiro atoms. The van der Waals surface area contributed by atoms with Crippen molar-refractivity contribution in [2.75, 3.05) is 6.61 Å². The van der Waals surface area contributed by atoms with Crippen LogP contribution in [0.1, 0.15) is 17.0 Å². The van der Waals surface area contributed by atoms with Crippen LogP contribution < -0.4 is 5.73 Å². The van der Waals surface area contributed by atoms with Crippen LogP contribution in [0.5, 0.6) is 0 Å². The minimum atomic E-state index is -0.867. The van der Waals surface area contributed by atoms with Crippen LogP contribution in [0.4, 0.5) is 0 Å². The van der Waals surface area contributed by atoms with E-state index >= 15 is 0 Å². The van der Waals surface area contributed by atoms with Crippen LogP contribution in [0.3, 0.4) is 0 Å². The number of aromatic nitrogens is 4. The summed E-state index contributed by atoms with van der Waals surface area (Å²) in [5.41, 5.74) is 9.49. The third kappa shape index (κ3) is 2.74. The number of fused-ring (bicyclic) bond motifs is 1. The smallest absolute Gasteiger partial charge is 0.0998 e. The first-order valence-electron chi connectivity index (χ1n) is 7.18. The highest BCUT2D eigenvalue weighted by atomic mass is 16.3. The molecule has 0 fully saturated rings. The predicted octanol–water partition coefficient (Wildman–Crippen LogP) is 0.162. The summed E-state index contributed by atoms with van der Waals surface area (Å²) < 4.78 is 1.62. The molecule has 0 radical (unpaired) electrons. The second kappa shape index (κ2) is 6.27. The number of aliphatic hydroxyl groups excluding tert-OH is 2. The van der Waals surface area contributed by atoms with E-state index in [4.69, 9.17) is 10.8 Å². The van der Waals surface area contributed by atoms with Crippen LogP contribution in [0.25, 0.3) is 10.9 Å². The monoisotopic (exact) mass is 301 g/mol. The average molecular weight is 301 g/mol. The zero-order valence-electron chi connectivity index (χ0n) is 12.1. The molecule has 3 aromatic rings. The van der Waals surface area contributed by atoms with Gasteiger partial charge in [0.05, 0.1) is 30.6 Å². The number of nitrogens with one attached hydrogen (secondary N) is 1. The van der Waals surface area contributed by atoms with E-state index in [2.05, 4.69) is 21.4 Å². The third-order valence-electron chi connectivity index (χ3n) is 3.74. The molecule has 3 rings (SSSR count). The van der Waals surface area contributed by atoms with Crippen LogP contribution in [-0.2, 0) is 19.5 Å². The Hall–Kier alpha value is -2.22. The van der Waals surface area contributed by atoms with Crippen LogP contribution in [0.2, 0.25) is 0 Å². The lowest BCUT2D eigenvalue weighted by Crippen LogP contribution is -2.22. The largest absolute Gasteiger partial charge is 0.394 e. The molecule has 0 aliphatic rings. The Balaban J connectivity index is 1.95. The van der Waals surface area contributed by atoms with Gasteiger partial charge in [0.2, 0.25) is 0 Å². The molecule has 7 nitrogen and oxygen atoms in total. The van der Waals surface area contributed by atoms with Crippen LogP contribution in [0, 0.1) is 0 Å². The molecule has 0 saturated heterocycles. The van der Waals surface area contributed by atoms with E-state index in [1.54, 1.807) is 4.68 Å². The summed E-state index contributed by atoms with van der Waals surface area (Å²) >= 11 is 0. The summed E-state index contributed by atoms with van der Waals surface area (Å²) in [6.45, 7) is 0.165. The Morgan fingerprint density at radius 1 is 1.32 bits per heavy atom. The van der Waals surface area contributed by atoms with E-state index < -0.39 is 6.10 Å². The van der Waals surface area contributed by atoms with Gasteiger partial charge < -0.3 is 20.9 Å². The molecule has 1 aromatic carbocycles. The van der Waals surface area contributed by atoms with Crippen molar-refractivity contribution < 1.29 is 10.2 Å². The highest BCUT2D eigenvalue weighted by molar-refractivity contribution is 5.83. The standard InChI is InChI=1S/C15H19N5O2/c16-6-14-15(20(19-18-14)8-11(22)9-21)5-10-7-17-13-4-2-1-3-12(10)13/h1-4,7,11,17,21-22H,5-6,8-9,16H2. The van der Waals surface area contributed by atoms with Gasteiger partial charge in [-0.05, 0) is 11.6 Å². The van der Waals surface area contributed by atoms with Crippen molar-refractivity contribution >= 4 is 10.9 Å². The SMILES string of the molecule is NCc1nnn(CC(O)CO)c1Cc1c[nH]c2ccccc12. The number of aromatic amines is 1. The maximum absolute atomic E-state index is 9.64. The molecule has 1 unspecified atom stereocenters. The summed E-state index contributed by atoms with van der Waals surface area (Å²) in [7, 11) is 0. The minimum absolute atomic E-state index is 0.196. The van der Waals surface area contributed by atoms with Crippen LogP contribution >= 0.6 is 0 Å². The number of hydrogen-bond donors (Lipinski definition) is 4. The van der Waals surface area contributed by atoms with Crippen LogP contribution in [0.15, 0.2) is 30.5 Å². The zero-order chi connectivity index (χ0) is 15.5. The first-order chi connectivity index (χ1) is 10.7. The number of para-hydroxylation sites is 1. The van der Waals surface area contributed by atoms with Crippen molar-refractivity contribution in [3.8, 4) is 0 Å². The van der Waals surface area contributed by atoms with Crippen molar-refractivity contribution in [2.45, 2.75) is 25.6 Å². The normalized spacial score (nSPS) is 12.9. The molecule has 0 saturated carbocycles. The van der Waals surface area contributed by atoms with Gasteiger partial charge in [-0.3, -0.25) is 0 Å². The first-order valence-corrected chi connectivity index (χ1v) is 7.18. The Kier molecular flexibility index (Phi) is 4.19. The highest BCUT2D eigenvalue weighted by Gasteiger charge is 2.16. The van der Waals surface area contributed by atoms with E-state index in [0.717, 1.165) is 22.2 Å². The van der Waals surface area contributed by atoms with E-state index in [1.807, 2.05) is 24.4 Å². The minimum Gasteiger partial charge on any atom is -0.394 e. The molecule has 116 valence electrons. The number of H-pyrrole nitrogens is 1. The molecule has 0 bridgehead atoms. The van der Waals surface area contributed by atoms with Gasteiger partial charge >= 0.3 is 0 Å². The zero-order valence-corrected chi connectivity index (χ0v) is 12.1. The topological polar surface area (TPSA) is 113 Å². The van der Waals surface area contributed by atoms with Crippen molar-refractivity contribution in [3.63, 3.8) is 0 Å². The number of hydrogen-bond acceptors (Lipinski definition) is 5. The number of benzene rings is 1. The summed E-state index contributed by atoms with van der Waals surface area (Å²) in [6, 6.07) is 8.06. The summed E-state index contributed by atoms with van der Waals surface area (Å²) in [6.07, 6.45) is 1.71. The summed E-state index contributed by atoms with van der Waals surface area (Å²) in [4.78, 5) is 3.24. The molecule has 7 heteroatoms. The molecule has 22 heavy (non-hydrogen) atoms. The van der Waals surface area contributed by atoms with Gasteiger partial charge in [-0.15, -0.1) is 5.10 Å². The molecule has 0 aliphatic carbocycles. The van der Waals surface area contributed by atoms with Crippen LogP contribution in [-0.4, -0.2) is 42.9 Å². The molecule has 0 amide bonds. The maximum atomic E-state index is 9.64. The van der Waals surface area contributed by atoms with Gasteiger partial charge in [-0.2, -0.15) is 0 Å². The second-order valence-corrected chi connectivity index (χ2v) is 5.24. The Morgan fingerprint density at radius 3 is 2.91 bits per heavy atom. The maximum Gasteiger partial charge on any atom is 0.0998 e. The molecular weight excluding hydrogens is 282 g/mol. The molecule has 2 heterocycles. The quantitative estimate of drug-likeness (QED) is 0.518. The van der Waals surface area contributed by atoms with Crippen molar-refractivity contribution in [1.29, 1.82) is 0 Å². The highest BCUT2D eigenvalue weighted by Crippen LogP contribution is 2.21. The van der Waals surface area contributed by atoms with E-state index in [0.29, 0.717) is 12.1 Å². The molecule has 2 aromatic heterocycles. The predicted molar refractivity (Wildman–Crippen MR) is 82.1 cm³/mol. The lowest BCUT2D eigenvalue weighted by atomic mass is 10.1. The van der Waals surface area contributed by atoms with E-state index in [9.17, 15) is 5.11 Å². The van der Waals surface area contributed by atoms with Crippen molar-refractivity contribution in [3.05, 3.63) is 47.4 Å². The molecular formula is C15H19N5O2. The lowest BCUT2D eigenvalue weighted by molar-refractivity contribution is 0.0771. The average Bonchev–Trinajstić information content (AvgIpc) is 3.12. The number of nitrogens with two attached hydrogens (primary N) is 1. The van der Waals surface area contributed by atoms with E-state index in [-0.39, 0.29) is 19.7 Å². The number of rotatable bonds is 6. The van der Waals surface area contributed by atoms with Gasteiger partial charge in [-0.1, -0.05) is 23.4 Å². The van der Waals surface area contributed by atoms with Gasteiger partial charge in [0, 0.05) is 30.1 Å². The van der Waals surface area contributed by atoms with Gasteiger partial charge in [-0.25, -0.2) is 4.68 Å². The first kappa shape index (κ1) is 14.7. The fourth-order valence-electron chi connectivity index (χ4n) is 2.58. The van der Waals surface area contributed by atoms with Gasteiger partial charge in [0.15, 0.2) is 0 Å². The number of nitrogens with zero attached hydrogens (tertiary/aromatic N) is 3. The molecule has 0 aliphatic heterocycles. The van der Waals surface area contributed by atoms with Crippen molar-refractivity contribution in [1.82, 2.24) is 20.0 Å².